The Bertz CT molecular complexity index is 405. The lowest BCUT2D eigenvalue weighted by Gasteiger charge is -1.94. The van der Waals surface area contributed by atoms with Gasteiger partial charge < -0.3 is 0 Å². The summed E-state index contributed by atoms with van der Waals surface area (Å²) in [4.78, 5) is 5.07. The van der Waals surface area contributed by atoms with Crippen LogP contribution in [0.25, 0.3) is 10.6 Å². The van der Waals surface area contributed by atoms with E-state index in [-0.39, 0.29) is 5.82 Å². The van der Waals surface area contributed by atoms with Crippen LogP contribution in [0.1, 0.15) is 4.88 Å². The van der Waals surface area contributed by atoms with Crippen LogP contribution < -0.4 is 0 Å². The van der Waals surface area contributed by atoms with Gasteiger partial charge in [0.25, 0.3) is 0 Å². The molecule has 0 N–H and O–H groups in total. The minimum absolute atomic E-state index is 0.227. The van der Waals surface area contributed by atoms with Crippen molar-refractivity contribution < 1.29 is 4.39 Å². The Hall–Kier alpha value is -1.22. The number of nitrogens with zero attached hydrogens (tertiary/aromatic N) is 1. The van der Waals surface area contributed by atoms with Crippen LogP contribution in [0, 0.1) is 12.7 Å². The molecule has 1 aromatic heterocycles. The van der Waals surface area contributed by atoms with Crippen molar-refractivity contribution in [2.45, 2.75) is 0 Å². The van der Waals surface area contributed by atoms with Gasteiger partial charge in [-0.2, -0.15) is 0 Å². The van der Waals surface area contributed by atoms with E-state index < -0.39 is 0 Å². The summed E-state index contributed by atoms with van der Waals surface area (Å²) < 4.78 is 12.6. The van der Waals surface area contributed by atoms with E-state index in [2.05, 4.69) is 11.9 Å². The highest BCUT2D eigenvalue weighted by Crippen LogP contribution is 2.24. The number of aromatic nitrogens is 1. The quantitative estimate of drug-likeness (QED) is 0.676. The zero-order chi connectivity index (χ0) is 9.26. The number of benzene rings is 1. The van der Waals surface area contributed by atoms with Gasteiger partial charge in [0.2, 0.25) is 0 Å². The van der Waals surface area contributed by atoms with Crippen molar-refractivity contribution in [3.05, 3.63) is 48.1 Å². The number of hydrogen-bond donors (Lipinski definition) is 0. The maximum absolute atomic E-state index is 12.6. The summed E-state index contributed by atoms with van der Waals surface area (Å²) in [5.41, 5.74) is 0.932. The van der Waals surface area contributed by atoms with Gasteiger partial charge in [-0.15, -0.1) is 11.3 Å². The van der Waals surface area contributed by atoms with E-state index in [1.807, 2.05) is 0 Å². The molecule has 0 unspecified atom stereocenters. The van der Waals surface area contributed by atoms with Crippen LogP contribution in [0.2, 0.25) is 0 Å². The third kappa shape index (κ3) is 1.75. The predicted octanol–water partition coefficient (Wildman–Crippen LogP) is 3.13. The Balaban J connectivity index is 2.41. The predicted molar refractivity (Wildman–Crippen MR) is 52.0 cm³/mol. The third-order valence-corrected chi connectivity index (χ3v) is 2.55. The summed E-state index contributed by atoms with van der Waals surface area (Å²) in [7, 11) is 0. The van der Waals surface area contributed by atoms with Crippen LogP contribution in [0.4, 0.5) is 4.39 Å². The second kappa shape index (κ2) is 3.26. The molecule has 0 aliphatic carbocycles. The maximum atomic E-state index is 12.6. The molecule has 0 aliphatic rings. The first-order chi connectivity index (χ1) is 6.25. The molecule has 0 spiro atoms. The first-order valence-corrected chi connectivity index (χ1v) is 4.61. The van der Waals surface area contributed by atoms with E-state index in [9.17, 15) is 4.39 Å². The van der Waals surface area contributed by atoms with Crippen LogP contribution in [0.3, 0.4) is 0 Å². The number of thiazole rings is 1. The molecule has 1 radical (unpaired) electrons. The van der Waals surface area contributed by atoms with Gasteiger partial charge in [0.1, 0.15) is 10.8 Å². The van der Waals surface area contributed by atoms with Gasteiger partial charge in [-0.25, -0.2) is 9.37 Å². The fourth-order valence-corrected chi connectivity index (χ4v) is 1.75. The zero-order valence-corrected chi connectivity index (χ0v) is 7.64. The lowest BCUT2D eigenvalue weighted by Crippen LogP contribution is -1.76. The molecule has 1 aromatic carbocycles. The maximum Gasteiger partial charge on any atom is 0.123 e. The first kappa shape index (κ1) is 8.38. The van der Waals surface area contributed by atoms with Crippen molar-refractivity contribution in [1.82, 2.24) is 4.98 Å². The molecule has 2 aromatic rings. The molecule has 3 heteroatoms. The Morgan fingerprint density at radius 1 is 1.23 bits per heavy atom. The molecule has 0 amide bonds. The standard InChI is InChI=1S/C10H7FNS/c1-7-6-12-10(13-7)8-2-4-9(11)5-3-8/h2-6H,1H2. The van der Waals surface area contributed by atoms with Crippen molar-refractivity contribution in [1.29, 1.82) is 0 Å². The van der Waals surface area contributed by atoms with E-state index in [0.29, 0.717) is 0 Å². The van der Waals surface area contributed by atoms with E-state index >= 15 is 0 Å². The topological polar surface area (TPSA) is 12.9 Å². The molecular formula is C10H7FNS. The van der Waals surface area contributed by atoms with Gasteiger partial charge >= 0.3 is 0 Å². The molecule has 0 atom stereocenters. The number of rotatable bonds is 1. The summed E-state index contributed by atoms with van der Waals surface area (Å²) in [6.07, 6.45) is 1.71. The Morgan fingerprint density at radius 3 is 2.46 bits per heavy atom. The molecule has 0 fully saturated rings. The lowest BCUT2D eigenvalue weighted by molar-refractivity contribution is 0.628. The van der Waals surface area contributed by atoms with E-state index in [0.717, 1.165) is 15.4 Å². The average molecular weight is 192 g/mol. The van der Waals surface area contributed by atoms with Gasteiger partial charge in [-0.1, -0.05) is 0 Å². The van der Waals surface area contributed by atoms with Crippen LogP contribution in [0.5, 0.6) is 0 Å². The van der Waals surface area contributed by atoms with Gasteiger partial charge in [-0.05, 0) is 31.2 Å². The van der Waals surface area contributed by atoms with Crippen molar-refractivity contribution in [2.24, 2.45) is 0 Å². The van der Waals surface area contributed by atoms with Crippen molar-refractivity contribution in [3.63, 3.8) is 0 Å². The monoisotopic (exact) mass is 192 g/mol. The fourth-order valence-electron chi connectivity index (χ4n) is 1.03. The van der Waals surface area contributed by atoms with E-state index in [1.165, 1.54) is 23.5 Å². The third-order valence-electron chi connectivity index (χ3n) is 1.64. The Morgan fingerprint density at radius 2 is 1.92 bits per heavy atom. The largest absolute Gasteiger partial charge is 0.244 e. The van der Waals surface area contributed by atoms with Crippen LogP contribution in [0.15, 0.2) is 30.5 Å². The first-order valence-electron chi connectivity index (χ1n) is 3.79. The van der Waals surface area contributed by atoms with Crippen molar-refractivity contribution >= 4 is 11.3 Å². The van der Waals surface area contributed by atoms with Gasteiger partial charge in [-0.3, -0.25) is 0 Å². The highest BCUT2D eigenvalue weighted by Gasteiger charge is 2.01. The van der Waals surface area contributed by atoms with Gasteiger partial charge in [0.15, 0.2) is 0 Å². The Kier molecular flexibility index (Phi) is 2.10. The van der Waals surface area contributed by atoms with Gasteiger partial charge in [0, 0.05) is 16.6 Å². The summed E-state index contributed by atoms with van der Waals surface area (Å²) in [6.45, 7) is 3.77. The minimum atomic E-state index is -0.227. The second-order valence-corrected chi connectivity index (χ2v) is 3.75. The summed E-state index contributed by atoms with van der Waals surface area (Å²) in [5.74, 6) is -0.227. The molecule has 1 heterocycles. The van der Waals surface area contributed by atoms with Crippen molar-refractivity contribution in [3.8, 4) is 10.6 Å². The van der Waals surface area contributed by atoms with E-state index in [4.69, 9.17) is 0 Å². The smallest absolute Gasteiger partial charge is 0.123 e. The van der Waals surface area contributed by atoms with Crippen LogP contribution >= 0.6 is 11.3 Å². The molecule has 0 saturated carbocycles. The fraction of sp³-hybridized carbons (Fsp3) is 0. The average Bonchev–Trinajstić information content (AvgIpc) is 2.53. The number of hydrogen-bond acceptors (Lipinski definition) is 2. The summed E-state index contributed by atoms with van der Waals surface area (Å²) in [6, 6.07) is 6.29. The van der Waals surface area contributed by atoms with Gasteiger partial charge in [0.05, 0.1) is 0 Å². The molecule has 1 nitrogen and oxygen atoms in total. The summed E-state index contributed by atoms with van der Waals surface area (Å²) >= 11 is 1.50. The molecule has 2 rings (SSSR count). The normalized spacial score (nSPS) is 10.3. The van der Waals surface area contributed by atoms with Crippen LogP contribution in [-0.2, 0) is 0 Å². The molecule has 0 bridgehead atoms. The van der Waals surface area contributed by atoms with Crippen molar-refractivity contribution in [2.75, 3.05) is 0 Å². The second-order valence-electron chi connectivity index (χ2n) is 2.64. The number of halogens is 1. The van der Waals surface area contributed by atoms with Crippen LogP contribution in [-0.4, -0.2) is 4.98 Å². The molecule has 65 valence electrons. The molecule has 0 aliphatic heterocycles. The lowest BCUT2D eigenvalue weighted by atomic mass is 10.2. The highest BCUT2D eigenvalue weighted by molar-refractivity contribution is 7.15. The van der Waals surface area contributed by atoms with E-state index in [1.54, 1.807) is 18.3 Å². The highest BCUT2D eigenvalue weighted by atomic mass is 32.1. The minimum Gasteiger partial charge on any atom is -0.244 e. The molecule has 13 heavy (non-hydrogen) atoms. The molecular weight excluding hydrogens is 185 g/mol. The molecule has 0 saturated heterocycles. The zero-order valence-electron chi connectivity index (χ0n) is 6.83. The summed E-state index contributed by atoms with van der Waals surface area (Å²) in [5, 5.41) is 0.880. The Labute approximate surface area is 79.9 Å². The SMILES string of the molecule is [CH2]c1cnc(-c2ccc(F)cc2)s1.